The zero-order valence-corrected chi connectivity index (χ0v) is 13.4. The number of rotatable bonds is 4. The highest BCUT2D eigenvalue weighted by molar-refractivity contribution is 5.80. The van der Waals surface area contributed by atoms with Crippen LogP contribution in [-0.4, -0.2) is 37.6 Å². The van der Waals surface area contributed by atoms with Gasteiger partial charge in [0.05, 0.1) is 0 Å². The Morgan fingerprint density at radius 3 is 2.74 bits per heavy atom. The van der Waals surface area contributed by atoms with Crippen LogP contribution in [0.3, 0.4) is 0 Å². The minimum absolute atomic E-state index is 0.210. The average molecular weight is 323 g/mol. The first-order chi connectivity index (χ1) is 11.1. The molecule has 0 amide bonds. The number of para-hydroxylation sites is 1. The zero-order valence-electron chi connectivity index (χ0n) is 13.4. The first-order valence-corrected chi connectivity index (χ1v) is 8.10. The van der Waals surface area contributed by atoms with Crippen molar-refractivity contribution in [2.45, 2.75) is 38.8 Å². The molecule has 0 aromatic heterocycles. The summed E-state index contributed by atoms with van der Waals surface area (Å²) in [5.74, 6) is 1.04. The maximum absolute atomic E-state index is 12.5. The number of ether oxygens (including phenoxy) is 1. The minimum atomic E-state index is -2.81. The van der Waals surface area contributed by atoms with Crippen molar-refractivity contribution in [3.8, 4) is 5.75 Å². The second kappa shape index (κ2) is 6.72. The minimum Gasteiger partial charge on any atom is -0.434 e. The monoisotopic (exact) mass is 323 g/mol. The SMILES string of the molecule is CN=C(NCc1ccccc1OC(F)F)N1CCC2(CCC2)C1. The van der Waals surface area contributed by atoms with Crippen molar-refractivity contribution in [1.29, 1.82) is 0 Å². The number of likely N-dealkylation sites (tertiary alicyclic amines) is 1. The van der Waals surface area contributed by atoms with Crippen molar-refractivity contribution in [3.63, 3.8) is 0 Å². The topological polar surface area (TPSA) is 36.9 Å². The number of hydrogen-bond donors (Lipinski definition) is 1. The number of nitrogens with zero attached hydrogens (tertiary/aromatic N) is 2. The number of guanidine groups is 1. The molecule has 0 radical (unpaired) electrons. The third kappa shape index (κ3) is 3.57. The number of alkyl halides is 2. The van der Waals surface area contributed by atoms with Gasteiger partial charge in [-0.3, -0.25) is 4.99 Å². The van der Waals surface area contributed by atoms with Gasteiger partial charge in [-0.25, -0.2) is 0 Å². The van der Waals surface area contributed by atoms with Crippen LogP contribution in [0.5, 0.6) is 5.75 Å². The van der Waals surface area contributed by atoms with E-state index >= 15 is 0 Å². The van der Waals surface area contributed by atoms with Gasteiger partial charge in [-0.05, 0) is 30.7 Å². The Labute approximate surface area is 135 Å². The lowest BCUT2D eigenvalue weighted by Crippen LogP contribution is -2.42. The van der Waals surface area contributed by atoms with Crippen LogP contribution in [0.15, 0.2) is 29.3 Å². The predicted octanol–water partition coefficient (Wildman–Crippen LogP) is 3.24. The van der Waals surface area contributed by atoms with E-state index < -0.39 is 6.61 Å². The number of nitrogens with one attached hydrogen (secondary N) is 1. The molecular weight excluding hydrogens is 300 g/mol. The molecule has 126 valence electrons. The second-order valence-corrected chi connectivity index (χ2v) is 6.41. The Bertz CT molecular complexity index is 573. The highest BCUT2D eigenvalue weighted by Gasteiger charge is 2.43. The Morgan fingerprint density at radius 2 is 2.13 bits per heavy atom. The molecule has 1 saturated carbocycles. The van der Waals surface area contributed by atoms with Crippen LogP contribution in [-0.2, 0) is 6.54 Å². The molecule has 1 saturated heterocycles. The summed E-state index contributed by atoms with van der Waals surface area (Å²) in [6, 6.07) is 6.86. The molecule has 2 fully saturated rings. The summed E-state index contributed by atoms with van der Waals surface area (Å²) < 4.78 is 29.5. The third-order valence-corrected chi connectivity index (χ3v) is 4.99. The van der Waals surface area contributed by atoms with Crippen LogP contribution >= 0.6 is 0 Å². The van der Waals surface area contributed by atoms with Crippen LogP contribution < -0.4 is 10.1 Å². The lowest BCUT2D eigenvalue weighted by molar-refractivity contribution is -0.0504. The standard InChI is InChI=1S/C17H23F2N3O/c1-20-16(22-10-9-17(12-22)7-4-8-17)21-11-13-5-2-3-6-14(13)23-15(18)19/h2-3,5-6,15H,4,7-12H2,1H3,(H,20,21). The maximum Gasteiger partial charge on any atom is 0.387 e. The fourth-order valence-electron chi connectivity index (χ4n) is 3.57. The van der Waals surface area contributed by atoms with E-state index in [9.17, 15) is 8.78 Å². The van der Waals surface area contributed by atoms with Crippen LogP contribution in [0.4, 0.5) is 8.78 Å². The molecule has 6 heteroatoms. The van der Waals surface area contributed by atoms with E-state index in [4.69, 9.17) is 0 Å². The molecule has 0 atom stereocenters. The molecule has 1 aromatic carbocycles. The van der Waals surface area contributed by atoms with Gasteiger partial charge in [-0.1, -0.05) is 24.6 Å². The number of hydrogen-bond acceptors (Lipinski definition) is 2. The van der Waals surface area contributed by atoms with Crippen LogP contribution in [0.25, 0.3) is 0 Å². The predicted molar refractivity (Wildman–Crippen MR) is 85.7 cm³/mol. The fourth-order valence-corrected chi connectivity index (χ4v) is 3.57. The van der Waals surface area contributed by atoms with Gasteiger partial charge in [-0.2, -0.15) is 8.78 Å². The van der Waals surface area contributed by atoms with Gasteiger partial charge < -0.3 is 15.0 Å². The van der Waals surface area contributed by atoms with Crippen molar-refractivity contribution in [1.82, 2.24) is 10.2 Å². The van der Waals surface area contributed by atoms with Gasteiger partial charge >= 0.3 is 6.61 Å². The number of benzene rings is 1. The van der Waals surface area contributed by atoms with Crippen molar-refractivity contribution in [2.24, 2.45) is 10.4 Å². The Balaban J connectivity index is 1.61. The molecule has 1 spiro atoms. The van der Waals surface area contributed by atoms with E-state index in [-0.39, 0.29) is 5.75 Å². The first-order valence-electron chi connectivity index (χ1n) is 8.10. The van der Waals surface area contributed by atoms with Crippen LogP contribution in [0, 0.1) is 5.41 Å². The van der Waals surface area contributed by atoms with Gasteiger partial charge in [0, 0.05) is 32.2 Å². The molecule has 1 aliphatic carbocycles. The smallest absolute Gasteiger partial charge is 0.387 e. The van der Waals surface area contributed by atoms with Crippen molar-refractivity contribution >= 4 is 5.96 Å². The van der Waals surface area contributed by atoms with Gasteiger partial charge in [-0.15, -0.1) is 0 Å². The molecule has 4 nitrogen and oxygen atoms in total. The Morgan fingerprint density at radius 1 is 1.35 bits per heavy atom. The summed E-state index contributed by atoms with van der Waals surface area (Å²) in [6.45, 7) is -0.344. The van der Waals surface area contributed by atoms with Crippen LogP contribution in [0.2, 0.25) is 0 Å². The normalized spacial score (nSPS) is 20.0. The second-order valence-electron chi connectivity index (χ2n) is 6.41. The summed E-state index contributed by atoms with van der Waals surface area (Å²) in [5, 5.41) is 3.28. The van der Waals surface area contributed by atoms with Gasteiger partial charge in [0.2, 0.25) is 0 Å². The molecule has 2 aliphatic rings. The van der Waals surface area contributed by atoms with Crippen molar-refractivity contribution in [3.05, 3.63) is 29.8 Å². The molecule has 3 rings (SSSR count). The maximum atomic E-state index is 12.5. The Kier molecular flexibility index (Phi) is 4.68. The van der Waals surface area contributed by atoms with Gasteiger partial charge in [0.1, 0.15) is 5.75 Å². The molecule has 1 aromatic rings. The van der Waals surface area contributed by atoms with E-state index in [1.807, 2.05) is 6.07 Å². The molecule has 1 N–H and O–H groups in total. The van der Waals surface area contributed by atoms with Crippen molar-refractivity contribution < 1.29 is 13.5 Å². The van der Waals surface area contributed by atoms with E-state index in [0.717, 1.165) is 19.0 Å². The number of halogens is 2. The van der Waals surface area contributed by atoms with Gasteiger partial charge in [0.25, 0.3) is 0 Å². The summed E-state index contributed by atoms with van der Waals surface area (Å²) in [6.07, 6.45) is 5.17. The molecular formula is C17H23F2N3O. The number of aliphatic imine (C=N–C) groups is 1. The lowest BCUT2D eigenvalue weighted by atomic mass is 9.68. The van der Waals surface area contributed by atoms with E-state index in [2.05, 4.69) is 19.9 Å². The van der Waals surface area contributed by atoms with E-state index in [1.54, 1.807) is 25.2 Å². The van der Waals surface area contributed by atoms with Crippen LogP contribution in [0.1, 0.15) is 31.2 Å². The molecule has 0 unspecified atom stereocenters. The fraction of sp³-hybridized carbons (Fsp3) is 0.588. The molecule has 1 aliphatic heterocycles. The highest BCUT2D eigenvalue weighted by atomic mass is 19.3. The first kappa shape index (κ1) is 16.0. The largest absolute Gasteiger partial charge is 0.434 e. The van der Waals surface area contributed by atoms with E-state index in [1.165, 1.54) is 25.7 Å². The Hall–Kier alpha value is -1.85. The molecule has 23 heavy (non-hydrogen) atoms. The highest BCUT2D eigenvalue weighted by Crippen LogP contribution is 2.47. The molecule has 0 bridgehead atoms. The quantitative estimate of drug-likeness (QED) is 0.683. The van der Waals surface area contributed by atoms with Crippen molar-refractivity contribution in [2.75, 3.05) is 20.1 Å². The summed E-state index contributed by atoms with van der Waals surface area (Å²) in [7, 11) is 1.76. The molecule has 1 heterocycles. The third-order valence-electron chi connectivity index (χ3n) is 4.99. The summed E-state index contributed by atoms with van der Waals surface area (Å²) in [4.78, 5) is 6.62. The summed E-state index contributed by atoms with van der Waals surface area (Å²) >= 11 is 0. The van der Waals surface area contributed by atoms with E-state index in [0.29, 0.717) is 17.5 Å². The average Bonchev–Trinajstić information content (AvgIpc) is 2.95. The summed E-state index contributed by atoms with van der Waals surface area (Å²) in [5.41, 5.74) is 1.19. The zero-order chi connectivity index (χ0) is 16.3. The lowest BCUT2D eigenvalue weighted by Gasteiger charge is -2.38. The van der Waals surface area contributed by atoms with Gasteiger partial charge in [0.15, 0.2) is 5.96 Å².